The molecule has 0 saturated heterocycles. The fourth-order valence-corrected chi connectivity index (χ4v) is 2.79. The van der Waals surface area contributed by atoms with Gasteiger partial charge in [0, 0.05) is 6.42 Å². The molecule has 0 saturated carbocycles. The minimum absolute atomic E-state index is 1.04. The van der Waals surface area contributed by atoms with E-state index in [9.17, 15) is 0 Å². The van der Waals surface area contributed by atoms with Gasteiger partial charge in [-0.3, -0.25) is 0 Å². The van der Waals surface area contributed by atoms with Crippen LogP contribution < -0.4 is 0 Å². The Hall–Kier alpha value is -2.09. The summed E-state index contributed by atoms with van der Waals surface area (Å²) >= 11 is 0. The van der Waals surface area contributed by atoms with Crippen molar-refractivity contribution >= 4 is 11.0 Å². The van der Waals surface area contributed by atoms with Crippen molar-refractivity contribution in [1.29, 1.82) is 0 Å². The monoisotopic (exact) mass is 278 g/mol. The standard InChI is InChI=1S/C19H22N2/c1-15-9-8-13-17-19(15)21-18(20-17)14-7-3-6-12-16-10-4-2-5-11-16/h2,4-5,8-11,13H,3,6-7,12,14H2,1H3,(H,20,21). The van der Waals surface area contributed by atoms with Crippen molar-refractivity contribution in [2.45, 2.75) is 39.0 Å². The molecule has 0 unspecified atom stereocenters. The minimum atomic E-state index is 1.04. The van der Waals surface area contributed by atoms with E-state index in [2.05, 4.69) is 60.4 Å². The number of imidazole rings is 1. The molecular formula is C19H22N2. The van der Waals surface area contributed by atoms with Crippen LogP contribution in [0, 0.1) is 6.92 Å². The predicted octanol–water partition coefficient (Wildman–Crippen LogP) is 4.83. The molecule has 0 aliphatic heterocycles. The average Bonchev–Trinajstić information content (AvgIpc) is 2.92. The van der Waals surface area contributed by atoms with Crippen molar-refractivity contribution in [2.24, 2.45) is 0 Å². The SMILES string of the molecule is Cc1cccc2[nH]c(CCCCCc3ccccc3)nc12. The third-order valence-electron chi connectivity index (χ3n) is 3.99. The van der Waals surface area contributed by atoms with E-state index in [1.165, 1.54) is 36.8 Å². The Kier molecular flexibility index (Phi) is 4.34. The molecule has 2 nitrogen and oxygen atoms in total. The van der Waals surface area contributed by atoms with Crippen LogP contribution in [0.3, 0.4) is 0 Å². The quantitative estimate of drug-likeness (QED) is 0.643. The van der Waals surface area contributed by atoms with Crippen LogP contribution in [0.5, 0.6) is 0 Å². The fraction of sp³-hybridized carbons (Fsp3) is 0.316. The lowest BCUT2D eigenvalue weighted by atomic mass is 10.1. The third-order valence-corrected chi connectivity index (χ3v) is 3.99. The van der Waals surface area contributed by atoms with Gasteiger partial charge in [0.15, 0.2) is 0 Å². The number of aromatic nitrogens is 2. The first-order valence-corrected chi connectivity index (χ1v) is 7.81. The highest BCUT2D eigenvalue weighted by atomic mass is 14.9. The molecule has 1 aromatic heterocycles. The Morgan fingerprint density at radius 2 is 1.67 bits per heavy atom. The Morgan fingerprint density at radius 1 is 0.857 bits per heavy atom. The van der Waals surface area contributed by atoms with Gasteiger partial charge in [0.25, 0.3) is 0 Å². The average molecular weight is 278 g/mol. The number of benzene rings is 2. The number of rotatable bonds is 6. The summed E-state index contributed by atoms with van der Waals surface area (Å²) in [5.74, 6) is 1.12. The molecule has 2 heteroatoms. The van der Waals surface area contributed by atoms with Gasteiger partial charge in [0.2, 0.25) is 0 Å². The van der Waals surface area contributed by atoms with E-state index in [1.54, 1.807) is 0 Å². The maximum atomic E-state index is 4.71. The smallest absolute Gasteiger partial charge is 0.107 e. The topological polar surface area (TPSA) is 28.7 Å². The van der Waals surface area contributed by atoms with Crippen LogP contribution in [0.25, 0.3) is 11.0 Å². The zero-order valence-corrected chi connectivity index (χ0v) is 12.6. The Bertz CT molecular complexity index is 698. The van der Waals surface area contributed by atoms with Gasteiger partial charge >= 0.3 is 0 Å². The van der Waals surface area contributed by atoms with Crippen molar-refractivity contribution in [3.05, 3.63) is 65.5 Å². The Morgan fingerprint density at radius 3 is 2.48 bits per heavy atom. The van der Waals surface area contributed by atoms with Crippen molar-refractivity contribution in [1.82, 2.24) is 9.97 Å². The second kappa shape index (κ2) is 6.57. The summed E-state index contributed by atoms with van der Waals surface area (Å²) in [7, 11) is 0. The highest BCUT2D eigenvalue weighted by Gasteiger charge is 2.04. The number of H-pyrrole nitrogens is 1. The number of fused-ring (bicyclic) bond motifs is 1. The summed E-state index contributed by atoms with van der Waals surface area (Å²) in [6.07, 6.45) is 5.93. The van der Waals surface area contributed by atoms with Gasteiger partial charge in [0.05, 0.1) is 11.0 Å². The number of aryl methyl sites for hydroxylation is 3. The first-order chi connectivity index (χ1) is 10.3. The molecule has 3 aromatic rings. The molecule has 0 atom stereocenters. The van der Waals surface area contributed by atoms with Crippen LogP contribution in [-0.2, 0) is 12.8 Å². The molecule has 0 aliphatic carbocycles. The van der Waals surface area contributed by atoms with E-state index in [4.69, 9.17) is 4.98 Å². The molecule has 0 spiro atoms. The van der Waals surface area contributed by atoms with Crippen LogP contribution in [0.2, 0.25) is 0 Å². The van der Waals surface area contributed by atoms with E-state index < -0.39 is 0 Å². The number of nitrogens with one attached hydrogen (secondary N) is 1. The highest BCUT2D eigenvalue weighted by molar-refractivity contribution is 5.78. The lowest BCUT2D eigenvalue weighted by molar-refractivity contribution is 0.666. The fourth-order valence-electron chi connectivity index (χ4n) is 2.79. The molecular weight excluding hydrogens is 256 g/mol. The van der Waals surface area contributed by atoms with Gasteiger partial charge < -0.3 is 4.98 Å². The maximum Gasteiger partial charge on any atom is 0.107 e. The van der Waals surface area contributed by atoms with Gasteiger partial charge in [-0.15, -0.1) is 0 Å². The van der Waals surface area contributed by atoms with Gasteiger partial charge in [-0.2, -0.15) is 0 Å². The lowest BCUT2D eigenvalue weighted by Crippen LogP contribution is -1.90. The first-order valence-electron chi connectivity index (χ1n) is 7.81. The van der Waals surface area contributed by atoms with Crippen molar-refractivity contribution in [2.75, 3.05) is 0 Å². The summed E-state index contributed by atoms with van der Waals surface area (Å²) < 4.78 is 0. The lowest BCUT2D eigenvalue weighted by Gasteiger charge is -2.01. The number of para-hydroxylation sites is 1. The highest BCUT2D eigenvalue weighted by Crippen LogP contribution is 2.16. The van der Waals surface area contributed by atoms with Crippen molar-refractivity contribution in [3.8, 4) is 0 Å². The van der Waals surface area contributed by atoms with E-state index in [-0.39, 0.29) is 0 Å². The van der Waals surface area contributed by atoms with Gasteiger partial charge in [-0.05, 0) is 43.4 Å². The molecule has 0 bridgehead atoms. The number of nitrogens with zero attached hydrogens (tertiary/aromatic N) is 1. The zero-order valence-electron chi connectivity index (χ0n) is 12.6. The Labute approximate surface area is 126 Å². The van der Waals surface area contributed by atoms with E-state index >= 15 is 0 Å². The van der Waals surface area contributed by atoms with Crippen LogP contribution in [-0.4, -0.2) is 9.97 Å². The van der Waals surface area contributed by atoms with Crippen molar-refractivity contribution < 1.29 is 0 Å². The van der Waals surface area contributed by atoms with Crippen LogP contribution >= 0.6 is 0 Å². The van der Waals surface area contributed by atoms with E-state index in [0.717, 1.165) is 23.3 Å². The third kappa shape index (κ3) is 3.52. The molecule has 108 valence electrons. The number of hydrogen-bond acceptors (Lipinski definition) is 1. The molecule has 2 aromatic carbocycles. The summed E-state index contributed by atoms with van der Waals surface area (Å²) in [4.78, 5) is 8.15. The normalized spacial score (nSPS) is 11.1. The van der Waals surface area contributed by atoms with Crippen molar-refractivity contribution in [3.63, 3.8) is 0 Å². The van der Waals surface area contributed by atoms with Gasteiger partial charge in [-0.1, -0.05) is 48.9 Å². The molecule has 0 aliphatic rings. The molecule has 1 N–H and O–H groups in total. The first kappa shape index (κ1) is 13.9. The molecule has 0 amide bonds. The largest absolute Gasteiger partial charge is 0.342 e. The van der Waals surface area contributed by atoms with E-state index in [1.807, 2.05) is 0 Å². The summed E-state index contributed by atoms with van der Waals surface area (Å²) in [6.45, 7) is 2.12. The van der Waals surface area contributed by atoms with E-state index in [0.29, 0.717) is 0 Å². The van der Waals surface area contributed by atoms with Crippen LogP contribution in [0.4, 0.5) is 0 Å². The number of unbranched alkanes of at least 4 members (excludes halogenated alkanes) is 2. The predicted molar refractivity (Wildman–Crippen MR) is 88.5 cm³/mol. The summed E-state index contributed by atoms with van der Waals surface area (Å²) in [6, 6.07) is 17.0. The molecule has 0 fully saturated rings. The molecule has 21 heavy (non-hydrogen) atoms. The summed E-state index contributed by atoms with van der Waals surface area (Å²) in [5.41, 5.74) is 4.97. The number of aromatic amines is 1. The Balaban J connectivity index is 1.47. The molecule has 1 heterocycles. The second-order valence-electron chi connectivity index (χ2n) is 5.70. The number of hydrogen-bond donors (Lipinski definition) is 1. The zero-order chi connectivity index (χ0) is 14.5. The maximum absolute atomic E-state index is 4.71. The second-order valence-corrected chi connectivity index (χ2v) is 5.70. The molecule has 3 rings (SSSR count). The van der Waals surface area contributed by atoms with Gasteiger partial charge in [-0.25, -0.2) is 4.98 Å². The minimum Gasteiger partial charge on any atom is -0.342 e. The van der Waals surface area contributed by atoms with Crippen LogP contribution in [0.15, 0.2) is 48.5 Å². The molecule has 0 radical (unpaired) electrons. The van der Waals surface area contributed by atoms with Crippen LogP contribution in [0.1, 0.15) is 36.2 Å². The van der Waals surface area contributed by atoms with Gasteiger partial charge in [0.1, 0.15) is 5.82 Å². The summed E-state index contributed by atoms with van der Waals surface area (Å²) in [5, 5.41) is 0.